The average Bonchev–Trinajstić information content (AvgIpc) is 3.03. The van der Waals surface area contributed by atoms with Gasteiger partial charge in [-0.25, -0.2) is 0 Å². The Morgan fingerprint density at radius 1 is 1.12 bits per heavy atom. The molecule has 6 nitrogen and oxygen atoms in total. The fourth-order valence-electron chi connectivity index (χ4n) is 2.14. The van der Waals surface area contributed by atoms with Crippen molar-refractivity contribution in [1.82, 2.24) is 25.3 Å². The number of nitrogens with one attached hydrogen (secondary N) is 1. The van der Waals surface area contributed by atoms with Crippen molar-refractivity contribution in [2.75, 3.05) is 0 Å². The number of benzene rings is 1. The number of carbonyl (C=O) groups is 1. The van der Waals surface area contributed by atoms with E-state index in [1.165, 1.54) is 6.07 Å². The molecular weight excluding hydrogens is 349 g/mol. The highest BCUT2D eigenvalue weighted by atomic mass is 35.5. The fourth-order valence-corrected chi connectivity index (χ4v) is 2.47. The lowest BCUT2D eigenvalue weighted by Crippen LogP contribution is -2.23. The molecule has 1 N–H and O–H groups in total. The molecule has 0 saturated carbocycles. The van der Waals surface area contributed by atoms with Gasteiger partial charge in [0, 0.05) is 18.3 Å². The zero-order valence-corrected chi connectivity index (χ0v) is 14.0. The predicted molar refractivity (Wildman–Crippen MR) is 91.0 cm³/mol. The van der Waals surface area contributed by atoms with Gasteiger partial charge >= 0.3 is 0 Å². The van der Waals surface area contributed by atoms with E-state index in [1.807, 2.05) is 41.2 Å². The monoisotopic (exact) mass is 361 g/mol. The van der Waals surface area contributed by atoms with E-state index >= 15 is 0 Å². The third-order valence-electron chi connectivity index (χ3n) is 3.29. The maximum Gasteiger partial charge on any atom is 0.254 e. The van der Waals surface area contributed by atoms with Gasteiger partial charge < -0.3 is 5.32 Å². The fraction of sp³-hybridized carbons (Fsp3) is 0.125. The van der Waals surface area contributed by atoms with Crippen LogP contribution < -0.4 is 5.32 Å². The lowest BCUT2D eigenvalue weighted by Gasteiger charge is -2.05. The Balaban J connectivity index is 1.61. The molecule has 2 heterocycles. The van der Waals surface area contributed by atoms with Gasteiger partial charge in [0.2, 0.25) is 0 Å². The van der Waals surface area contributed by atoms with Crippen molar-refractivity contribution in [1.29, 1.82) is 0 Å². The molecule has 0 unspecified atom stereocenters. The van der Waals surface area contributed by atoms with E-state index in [1.54, 1.807) is 6.20 Å². The molecule has 0 fully saturated rings. The molecule has 2 aromatic heterocycles. The summed E-state index contributed by atoms with van der Waals surface area (Å²) in [6, 6.07) is 11.4. The molecular formula is C16H13Cl2N5O. The maximum absolute atomic E-state index is 12.1. The van der Waals surface area contributed by atoms with Crippen molar-refractivity contribution in [3.63, 3.8) is 0 Å². The van der Waals surface area contributed by atoms with Crippen molar-refractivity contribution in [3.8, 4) is 0 Å². The SMILES string of the molecule is O=C(NCc1cnn(Cc2ccccc2)c1)c1cc(Cl)nnc1Cl. The van der Waals surface area contributed by atoms with Gasteiger partial charge in [-0.05, 0) is 11.6 Å². The summed E-state index contributed by atoms with van der Waals surface area (Å²) < 4.78 is 1.81. The van der Waals surface area contributed by atoms with Crippen LogP contribution in [0.2, 0.25) is 10.3 Å². The van der Waals surface area contributed by atoms with E-state index in [2.05, 4.69) is 20.6 Å². The van der Waals surface area contributed by atoms with Crippen LogP contribution in [0, 0.1) is 0 Å². The second kappa shape index (κ2) is 7.42. The Hall–Kier alpha value is -2.44. The number of nitrogens with zero attached hydrogens (tertiary/aromatic N) is 4. The zero-order valence-electron chi connectivity index (χ0n) is 12.5. The minimum Gasteiger partial charge on any atom is -0.348 e. The molecule has 1 aromatic carbocycles. The van der Waals surface area contributed by atoms with E-state index < -0.39 is 0 Å². The third kappa shape index (κ3) is 4.10. The van der Waals surface area contributed by atoms with Crippen LogP contribution in [0.5, 0.6) is 0 Å². The van der Waals surface area contributed by atoms with Crippen LogP contribution in [0.3, 0.4) is 0 Å². The van der Waals surface area contributed by atoms with E-state index in [0.717, 1.165) is 11.1 Å². The summed E-state index contributed by atoms with van der Waals surface area (Å²) in [6.45, 7) is 0.994. The topological polar surface area (TPSA) is 72.7 Å². The van der Waals surface area contributed by atoms with Crippen LogP contribution in [0.15, 0.2) is 48.8 Å². The largest absolute Gasteiger partial charge is 0.348 e. The first-order valence-corrected chi connectivity index (χ1v) is 7.89. The molecule has 0 bridgehead atoms. The second-order valence-electron chi connectivity index (χ2n) is 5.09. The number of aromatic nitrogens is 4. The molecule has 0 atom stereocenters. The number of rotatable bonds is 5. The minimum atomic E-state index is -0.368. The lowest BCUT2D eigenvalue weighted by atomic mass is 10.2. The van der Waals surface area contributed by atoms with Gasteiger partial charge in [0.05, 0.1) is 18.3 Å². The molecule has 0 radical (unpaired) electrons. The molecule has 0 aliphatic carbocycles. The Morgan fingerprint density at radius 3 is 2.71 bits per heavy atom. The Labute approximate surface area is 148 Å². The van der Waals surface area contributed by atoms with Crippen molar-refractivity contribution in [3.05, 3.63) is 75.8 Å². The van der Waals surface area contributed by atoms with Gasteiger partial charge in [0.25, 0.3) is 5.91 Å². The summed E-state index contributed by atoms with van der Waals surface area (Å²) in [7, 11) is 0. The number of hydrogen-bond acceptors (Lipinski definition) is 4. The zero-order chi connectivity index (χ0) is 16.9. The van der Waals surface area contributed by atoms with Gasteiger partial charge in [0.1, 0.15) is 0 Å². The van der Waals surface area contributed by atoms with E-state index in [-0.39, 0.29) is 21.8 Å². The minimum absolute atomic E-state index is 0.0108. The van der Waals surface area contributed by atoms with Crippen LogP contribution >= 0.6 is 23.2 Å². The molecule has 0 saturated heterocycles. The van der Waals surface area contributed by atoms with Crippen LogP contribution in [0.1, 0.15) is 21.5 Å². The third-order valence-corrected chi connectivity index (χ3v) is 3.75. The average molecular weight is 362 g/mol. The highest BCUT2D eigenvalue weighted by molar-refractivity contribution is 6.34. The number of carbonyl (C=O) groups excluding carboxylic acids is 1. The molecule has 122 valence electrons. The highest BCUT2D eigenvalue weighted by Crippen LogP contribution is 2.15. The van der Waals surface area contributed by atoms with E-state index in [9.17, 15) is 4.79 Å². The first kappa shape index (κ1) is 16.4. The van der Waals surface area contributed by atoms with Crippen molar-refractivity contribution < 1.29 is 4.79 Å². The molecule has 0 aliphatic heterocycles. The summed E-state index contributed by atoms with van der Waals surface area (Å²) in [4.78, 5) is 12.1. The predicted octanol–water partition coefficient (Wildman–Crippen LogP) is 2.96. The first-order chi connectivity index (χ1) is 11.6. The van der Waals surface area contributed by atoms with Crippen LogP contribution in [-0.4, -0.2) is 25.9 Å². The quantitative estimate of drug-likeness (QED) is 0.758. The summed E-state index contributed by atoms with van der Waals surface area (Å²) in [5, 5.41) is 14.4. The van der Waals surface area contributed by atoms with E-state index in [4.69, 9.17) is 23.2 Å². The Kier molecular flexibility index (Phi) is 5.08. The molecule has 0 aliphatic rings. The summed E-state index contributed by atoms with van der Waals surface area (Å²) in [5.41, 5.74) is 2.22. The second-order valence-corrected chi connectivity index (χ2v) is 5.83. The maximum atomic E-state index is 12.1. The van der Waals surface area contributed by atoms with E-state index in [0.29, 0.717) is 13.1 Å². The van der Waals surface area contributed by atoms with Crippen LogP contribution in [-0.2, 0) is 13.1 Å². The normalized spacial score (nSPS) is 10.6. The summed E-state index contributed by atoms with van der Waals surface area (Å²) in [6.07, 6.45) is 3.59. The summed E-state index contributed by atoms with van der Waals surface area (Å²) in [5.74, 6) is -0.368. The Bertz CT molecular complexity index is 851. The summed E-state index contributed by atoms with van der Waals surface area (Å²) >= 11 is 11.6. The smallest absolute Gasteiger partial charge is 0.254 e. The van der Waals surface area contributed by atoms with Gasteiger partial charge in [0.15, 0.2) is 10.3 Å². The number of amides is 1. The molecule has 3 rings (SSSR count). The van der Waals surface area contributed by atoms with Crippen LogP contribution in [0.4, 0.5) is 0 Å². The van der Waals surface area contributed by atoms with Gasteiger partial charge in [-0.2, -0.15) is 5.10 Å². The Morgan fingerprint density at radius 2 is 1.92 bits per heavy atom. The lowest BCUT2D eigenvalue weighted by molar-refractivity contribution is 0.0950. The molecule has 1 amide bonds. The van der Waals surface area contributed by atoms with Gasteiger partial charge in [-0.1, -0.05) is 53.5 Å². The highest BCUT2D eigenvalue weighted by Gasteiger charge is 2.13. The number of hydrogen-bond donors (Lipinski definition) is 1. The molecule has 8 heteroatoms. The van der Waals surface area contributed by atoms with Crippen molar-refractivity contribution >= 4 is 29.1 Å². The van der Waals surface area contributed by atoms with Crippen molar-refractivity contribution in [2.45, 2.75) is 13.1 Å². The molecule has 0 spiro atoms. The standard InChI is InChI=1S/C16H13Cl2N5O/c17-14-6-13(15(18)22-21-14)16(24)19-7-12-8-20-23(10-12)9-11-4-2-1-3-5-11/h1-6,8,10H,7,9H2,(H,19,24). The van der Waals surface area contributed by atoms with Crippen LogP contribution in [0.25, 0.3) is 0 Å². The first-order valence-electron chi connectivity index (χ1n) is 7.14. The van der Waals surface area contributed by atoms with Gasteiger partial charge in [-0.15, -0.1) is 10.2 Å². The van der Waals surface area contributed by atoms with Crippen molar-refractivity contribution in [2.24, 2.45) is 0 Å². The van der Waals surface area contributed by atoms with Gasteiger partial charge in [-0.3, -0.25) is 9.48 Å². The number of halogens is 2. The molecule has 24 heavy (non-hydrogen) atoms. The molecule has 3 aromatic rings.